The summed E-state index contributed by atoms with van der Waals surface area (Å²) in [7, 11) is 0. The van der Waals surface area contributed by atoms with Crippen LogP contribution in [0.25, 0.3) is 0 Å². The Labute approximate surface area is 100 Å². The van der Waals surface area contributed by atoms with Crippen molar-refractivity contribution < 1.29 is 19.4 Å². The van der Waals surface area contributed by atoms with Crippen molar-refractivity contribution in [2.75, 3.05) is 13.2 Å². The average Bonchev–Trinajstić information content (AvgIpc) is 2.60. The van der Waals surface area contributed by atoms with Gasteiger partial charge in [-0.15, -0.1) is 0 Å². The molecule has 5 nitrogen and oxygen atoms in total. The summed E-state index contributed by atoms with van der Waals surface area (Å²) in [5.41, 5.74) is 0.213. The summed E-state index contributed by atoms with van der Waals surface area (Å²) in [6.45, 7) is 5.14. The number of aliphatic hydroxyl groups excluding tert-OH is 1. The molecule has 0 aliphatic carbocycles. The number of carbonyl (C=O) groups is 1. The van der Waals surface area contributed by atoms with Gasteiger partial charge in [0, 0.05) is 6.61 Å². The molecular weight excluding hydrogens is 222 g/mol. The molecule has 3 N–H and O–H groups in total. The third-order valence-electron chi connectivity index (χ3n) is 2.61. The minimum absolute atomic E-state index is 0.186. The normalized spacial score (nSPS) is 12.6. The van der Waals surface area contributed by atoms with Crippen LogP contribution in [0.2, 0.25) is 0 Å². The second-order valence-corrected chi connectivity index (χ2v) is 4.24. The highest BCUT2D eigenvalue weighted by atomic mass is 16.4. The summed E-state index contributed by atoms with van der Waals surface area (Å²) >= 11 is 0. The summed E-state index contributed by atoms with van der Waals surface area (Å²) < 4.78 is 5.33. The van der Waals surface area contributed by atoms with Gasteiger partial charge in [-0.25, -0.2) is 4.79 Å². The Morgan fingerprint density at radius 3 is 2.82 bits per heavy atom. The molecule has 0 radical (unpaired) electrons. The van der Waals surface area contributed by atoms with E-state index in [4.69, 9.17) is 14.6 Å². The fraction of sp³-hybridized carbons (Fsp3) is 0.583. The van der Waals surface area contributed by atoms with E-state index in [1.165, 1.54) is 0 Å². The second kappa shape index (κ2) is 6.42. The molecule has 0 saturated carbocycles. The number of carboxylic acid groups (broad SMARTS) is 1. The highest BCUT2D eigenvalue weighted by molar-refractivity contribution is 5.88. The highest BCUT2D eigenvalue weighted by Gasteiger charge is 2.13. The summed E-state index contributed by atoms with van der Waals surface area (Å²) in [5, 5.41) is 20.8. The van der Waals surface area contributed by atoms with E-state index < -0.39 is 5.97 Å². The molecule has 0 spiro atoms. The fourth-order valence-corrected chi connectivity index (χ4v) is 1.61. The van der Waals surface area contributed by atoms with E-state index in [0.29, 0.717) is 24.0 Å². The van der Waals surface area contributed by atoms with Crippen molar-refractivity contribution in [2.45, 2.75) is 26.8 Å². The van der Waals surface area contributed by atoms with Crippen LogP contribution < -0.4 is 5.32 Å². The molecule has 1 rings (SSSR count). The van der Waals surface area contributed by atoms with Crippen molar-refractivity contribution in [1.29, 1.82) is 0 Å². The molecule has 0 amide bonds. The lowest BCUT2D eigenvalue weighted by Gasteiger charge is -2.09. The Hall–Kier alpha value is -1.33. The Balaban J connectivity index is 2.42. The van der Waals surface area contributed by atoms with Crippen LogP contribution in [0.4, 0.5) is 0 Å². The van der Waals surface area contributed by atoms with Crippen molar-refractivity contribution >= 4 is 5.97 Å². The van der Waals surface area contributed by atoms with E-state index in [1.807, 2.05) is 6.92 Å². The first kappa shape index (κ1) is 13.7. The van der Waals surface area contributed by atoms with E-state index in [2.05, 4.69) is 5.32 Å². The van der Waals surface area contributed by atoms with Crippen molar-refractivity contribution in [3.63, 3.8) is 0 Å². The molecular formula is C12H19NO4. The zero-order valence-corrected chi connectivity index (χ0v) is 10.2. The second-order valence-electron chi connectivity index (χ2n) is 4.24. The van der Waals surface area contributed by atoms with Gasteiger partial charge < -0.3 is 19.9 Å². The number of carboxylic acids is 1. The monoisotopic (exact) mass is 241 g/mol. The lowest BCUT2D eigenvalue weighted by Crippen LogP contribution is -2.21. The van der Waals surface area contributed by atoms with Crippen molar-refractivity contribution in [3.05, 3.63) is 23.2 Å². The molecule has 1 unspecified atom stereocenters. The number of hydrogen-bond acceptors (Lipinski definition) is 4. The molecule has 0 saturated heterocycles. The molecule has 17 heavy (non-hydrogen) atoms. The lowest BCUT2D eigenvalue weighted by molar-refractivity contribution is 0.0695. The number of nitrogens with one attached hydrogen (secondary N) is 1. The lowest BCUT2D eigenvalue weighted by atomic mass is 10.1. The van der Waals surface area contributed by atoms with Crippen LogP contribution in [0.3, 0.4) is 0 Å². The van der Waals surface area contributed by atoms with Crippen LogP contribution in [0.5, 0.6) is 0 Å². The van der Waals surface area contributed by atoms with Gasteiger partial charge in [0.2, 0.25) is 0 Å². The Morgan fingerprint density at radius 1 is 1.59 bits per heavy atom. The van der Waals surface area contributed by atoms with Crippen molar-refractivity contribution in [2.24, 2.45) is 5.92 Å². The standard InChI is InChI=1S/C12H19NO4/c1-8(3-4-14)6-13-7-10-5-11(12(15)16)9(2)17-10/h5,8,13-14H,3-4,6-7H2,1-2H3,(H,15,16). The Morgan fingerprint density at radius 2 is 2.29 bits per heavy atom. The van der Waals surface area contributed by atoms with E-state index >= 15 is 0 Å². The molecule has 1 atom stereocenters. The summed E-state index contributed by atoms with van der Waals surface area (Å²) in [5.74, 6) is 0.468. The van der Waals surface area contributed by atoms with Crippen molar-refractivity contribution in [1.82, 2.24) is 5.32 Å². The molecule has 96 valence electrons. The quantitative estimate of drug-likeness (QED) is 0.672. The maximum Gasteiger partial charge on any atom is 0.339 e. The van der Waals surface area contributed by atoms with Gasteiger partial charge in [0.05, 0.1) is 6.54 Å². The van der Waals surface area contributed by atoms with E-state index in [0.717, 1.165) is 13.0 Å². The van der Waals surface area contributed by atoms with Gasteiger partial charge in [0.1, 0.15) is 17.1 Å². The topological polar surface area (TPSA) is 82.7 Å². The van der Waals surface area contributed by atoms with Gasteiger partial charge >= 0.3 is 5.97 Å². The average molecular weight is 241 g/mol. The zero-order chi connectivity index (χ0) is 12.8. The van der Waals surface area contributed by atoms with Gasteiger partial charge in [-0.05, 0) is 31.9 Å². The molecule has 1 aromatic rings. The minimum Gasteiger partial charge on any atom is -0.478 e. The molecule has 0 bridgehead atoms. The van der Waals surface area contributed by atoms with Crippen molar-refractivity contribution in [3.8, 4) is 0 Å². The number of aryl methyl sites for hydroxylation is 1. The SMILES string of the molecule is Cc1oc(CNCC(C)CCO)cc1C(=O)O. The molecule has 1 heterocycles. The van der Waals surface area contributed by atoms with Gasteiger partial charge in [-0.2, -0.15) is 0 Å². The third kappa shape index (κ3) is 4.20. The number of aliphatic hydroxyl groups is 1. The van der Waals surface area contributed by atoms with Crippen LogP contribution >= 0.6 is 0 Å². The van der Waals surface area contributed by atoms with Crippen LogP contribution in [-0.2, 0) is 6.54 Å². The predicted molar refractivity (Wildman–Crippen MR) is 63.0 cm³/mol. The molecule has 5 heteroatoms. The minimum atomic E-state index is -0.967. The third-order valence-corrected chi connectivity index (χ3v) is 2.61. The molecule has 0 aliphatic heterocycles. The zero-order valence-electron chi connectivity index (χ0n) is 10.2. The molecule has 0 aliphatic rings. The highest BCUT2D eigenvalue weighted by Crippen LogP contribution is 2.14. The maximum atomic E-state index is 10.8. The van der Waals surface area contributed by atoms with Gasteiger partial charge in [0.25, 0.3) is 0 Å². The summed E-state index contributed by atoms with van der Waals surface area (Å²) in [6, 6.07) is 1.54. The first-order valence-electron chi connectivity index (χ1n) is 5.68. The summed E-state index contributed by atoms with van der Waals surface area (Å²) in [4.78, 5) is 10.8. The predicted octanol–water partition coefficient (Wildman–Crippen LogP) is 1.39. The van der Waals surface area contributed by atoms with Crippen LogP contribution in [0.15, 0.2) is 10.5 Å². The largest absolute Gasteiger partial charge is 0.478 e. The number of hydrogen-bond donors (Lipinski definition) is 3. The number of rotatable bonds is 7. The van der Waals surface area contributed by atoms with E-state index in [-0.39, 0.29) is 12.2 Å². The maximum absolute atomic E-state index is 10.8. The summed E-state index contributed by atoms with van der Waals surface area (Å²) in [6.07, 6.45) is 0.755. The Kier molecular flexibility index (Phi) is 5.18. The van der Waals surface area contributed by atoms with Gasteiger partial charge in [0.15, 0.2) is 0 Å². The smallest absolute Gasteiger partial charge is 0.339 e. The Bertz CT molecular complexity index is 373. The van der Waals surface area contributed by atoms with Crippen LogP contribution in [0, 0.1) is 12.8 Å². The van der Waals surface area contributed by atoms with E-state index in [1.54, 1.807) is 13.0 Å². The van der Waals surface area contributed by atoms with Crippen LogP contribution in [0.1, 0.15) is 35.2 Å². The number of aromatic carboxylic acids is 1. The van der Waals surface area contributed by atoms with Crippen LogP contribution in [-0.4, -0.2) is 29.3 Å². The fourth-order valence-electron chi connectivity index (χ4n) is 1.61. The van der Waals surface area contributed by atoms with Gasteiger partial charge in [-0.3, -0.25) is 0 Å². The number of furan rings is 1. The first-order chi connectivity index (χ1) is 8.04. The molecule has 1 aromatic heterocycles. The molecule has 0 fully saturated rings. The molecule has 0 aromatic carbocycles. The van der Waals surface area contributed by atoms with Gasteiger partial charge in [-0.1, -0.05) is 6.92 Å². The van der Waals surface area contributed by atoms with E-state index in [9.17, 15) is 4.79 Å². The first-order valence-corrected chi connectivity index (χ1v) is 5.68.